The van der Waals surface area contributed by atoms with Crippen LogP contribution in [0.4, 0.5) is 8.78 Å². The fourth-order valence-electron chi connectivity index (χ4n) is 3.39. The molecular weight excluding hydrogens is 374 g/mol. The van der Waals surface area contributed by atoms with E-state index < -0.39 is 20.5 Å². The first-order valence-corrected chi connectivity index (χ1v) is 10.0. The van der Waals surface area contributed by atoms with Crippen LogP contribution in [-0.2, 0) is 9.84 Å². The molecule has 0 aromatic heterocycles. The molecule has 2 atom stereocenters. The fourth-order valence-corrected chi connectivity index (χ4v) is 4.11. The molecule has 2 aromatic rings. The average molecular weight is 394 g/mol. The lowest BCUT2D eigenvalue weighted by atomic mass is 10.00. The van der Waals surface area contributed by atoms with Crippen molar-refractivity contribution in [3.8, 4) is 0 Å². The fraction of sp³-hybridized carbons (Fsp3) is 0.316. The maximum Gasteiger partial charge on any atom is 0.341 e. The minimum absolute atomic E-state index is 0.0358. The number of benzene rings is 2. The lowest BCUT2D eigenvalue weighted by molar-refractivity contribution is 0.0927. The molecule has 1 saturated heterocycles. The zero-order valence-electron chi connectivity index (χ0n) is 14.7. The molecule has 144 valence electrons. The number of nitrogens with zero attached hydrogens (tertiary/aromatic N) is 1. The van der Waals surface area contributed by atoms with E-state index in [-0.39, 0.29) is 23.6 Å². The van der Waals surface area contributed by atoms with Crippen molar-refractivity contribution < 1.29 is 22.0 Å². The zero-order chi connectivity index (χ0) is 19.6. The highest BCUT2D eigenvalue weighted by Crippen LogP contribution is 2.31. The van der Waals surface area contributed by atoms with Crippen LogP contribution in [0.3, 0.4) is 0 Å². The number of halogens is 2. The van der Waals surface area contributed by atoms with Gasteiger partial charge in [0.05, 0.1) is 17.0 Å². The van der Waals surface area contributed by atoms with Gasteiger partial charge in [0, 0.05) is 12.1 Å². The van der Waals surface area contributed by atoms with Gasteiger partial charge in [0.15, 0.2) is 0 Å². The number of likely N-dealkylation sites (N-methyl/N-ethyl adjacent to an activating group) is 1. The second-order valence-electron chi connectivity index (χ2n) is 6.53. The lowest BCUT2D eigenvalue weighted by Crippen LogP contribution is -2.39. The number of rotatable bonds is 5. The number of sulfone groups is 1. The third-order valence-corrected chi connectivity index (χ3v) is 6.18. The first-order valence-electron chi connectivity index (χ1n) is 8.49. The standard InChI is InChI=1S/C19H20F2N2O3S/c1-23-12-11-16(17(23)13-5-3-2-4-6-13)22-18(24)14-7-9-15(10-8-14)27(25,26)19(20)21/h2-10,16-17,19H,11-12H2,1H3,(H,22,24)/t16-,17-/m0/s1. The molecular formula is C19H20F2N2O3S. The van der Waals surface area contributed by atoms with Gasteiger partial charge in [-0.25, -0.2) is 8.42 Å². The number of amides is 1. The zero-order valence-corrected chi connectivity index (χ0v) is 15.5. The summed E-state index contributed by atoms with van der Waals surface area (Å²) in [7, 11) is -2.67. The molecule has 8 heteroatoms. The molecule has 1 amide bonds. The maximum atomic E-state index is 12.6. The van der Waals surface area contributed by atoms with Crippen molar-refractivity contribution in [1.29, 1.82) is 0 Å². The van der Waals surface area contributed by atoms with Crippen molar-refractivity contribution in [3.05, 3.63) is 65.7 Å². The van der Waals surface area contributed by atoms with Crippen molar-refractivity contribution in [2.75, 3.05) is 13.6 Å². The quantitative estimate of drug-likeness (QED) is 0.847. The normalized spacial score (nSPS) is 20.7. The van der Waals surface area contributed by atoms with E-state index in [9.17, 15) is 22.0 Å². The molecule has 0 saturated carbocycles. The summed E-state index contributed by atoms with van der Waals surface area (Å²) in [5.74, 6) is -3.85. The van der Waals surface area contributed by atoms with Crippen LogP contribution in [0, 0.1) is 0 Å². The Hall–Kier alpha value is -2.32. The number of alkyl halides is 2. The summed E-state index contributed by atoms with van der Waals surface area (Å²) in [4.78, 5) is 14.2. The van der Waals surface area contributed by atoms with Gasteiger partial charge < -0.3 is 5.32 Å². The predicted molar refractivity (Wildman–Crippen MR) is 97.3 cm³/mol. The molecule has 0 bridgehead atoms. The van der Waals surface area contributed by atoms with E-state index in [0.717, 1.165) is 30.7 Å². The van der Waals surface area contributed by atoms with Gasteiger partial charge in [0.2, 0.25) is 9.84 Å². The Morgan fingerprint density at radius 1 is 1.11 bits per heavy atom. The van der Waals surface area contributed by atoms with Crippen molar-refractivity contribution >= 4 is 15.7 Å². The Morgan fingerprint density at radius 3 is 2.33 bits per heavy atom. The maximum absolute atomic E-state index is 12.6. The van der Waals surface area contributed by atoms with E-state index in [1.165, 1.54) is 12.1 Å². The lowest BCUT2D eigenvalue weighted by Gasteiger charge is -2.26. The third kappa shape index (κ3) is 4.01. The van der Waals surface area contributed by atoms with Crippen LogP contribution in [0.5, 0.6) is 0 Å². The van der Waals surface area contributed by atoms with E-state index >= 15 is 0 Å². The monoisotopic (exact) mass is 394 g/mol. The van der Waals surface area contributed by atoms with E-state index in [1.807, 2.05) is 37.4 Å². The minimum atomic E-state index is -4.67. The van der Waals surface area contributed by atoms with Gasteiger partial charge in [-0.1, -0.05) is 30.3 Å². The minimum Gasteiger partial charge on any atom is -0.347 e. The smallest absolute Gasteiger partial charge is 0.341 e. The first kappa shape index (κ1) is 19.4. The molecule has 0 unspecified atom stereocenters. The van der Waals surface area contributed by atoms with E-state index in [0.29, 0.717) is 0 Å². The van der Waals surface area contributed by atoms with E-state index in [1.54, 1.807) is 0 Å². The van der Waals surface area contributed by atoms with Gasteiger partial charge in [-0.2, -0.15) is 8.78 Å². The number of hydrogen-bond acceptors (Lipinski definition) is 4. The largest absolute Gasteiger partial charge is 0.347 e. The van der Waals surface area contributed by atoms with Crippen LogP contribution in [0.1, 0.15) is 28.4 Å². The molecule has 27 heavy (non-hydrogen) atoms. The van der Waals surface area contributed by atoms with Crippen LogP contribution < -0.4 is 5.32 Å². The third-order valence-electron chi connectivity index (χ3n) is 4.79. The van der Waals surface area contributed by atoms with Crippen LogP contribution in [0.15, 0.2) is 59.5 Å². The number of carbonyl (C=O) groups excluding carboxylic acids is 1. The SMILES string of the molecule is CN1CC[C@H](NC(=O)c2ccc(S(=O)(=O)C(F)F)cc2)[C@@H]1c1ccccc1. The first-order chi connectivity index (χ1) is 12.8. The summed E-state index contributed by atoms with van der Waals surface area (Å²) in [6.07, 6.45) is 0.777. The molecule has 1 aliphatic rings. The van der Waals surface area contributed by atoms with Gasteiger partial charge in [0.25, 0.3) is 5.91 Å². The van der Waals surface area contributed by atoms with Crippen molar-refractivity contribution in [2.24, 2.45) is 0 Å². The molecule has 0 aliphatic carbocycles. The van der Waals surface area contributed by atoms with E-state index in [4.69, 9.17) is 0 Å². The summed E-state index contributed by atoms with van der Waals surface area (Å²) in [5, 5.41) is 2.98. The molecule has 5 nitrogen and oxygen atoms in total. The molecule has 3 rings (SSSR count). The van der Waals surface area contributed by atoms with Gasteiger partial charge in [0.1, 0.15) is 0 Å². The van der Waals surface area contributed by atoms with E-state index in [2.05, 4.69) is 10.2 Å². The summed E-state index contributed by atoms with van der Waals surface area (Å²) < 4.78 is 48.1. The predicted octanol–water partition coefficient (Wildman–Crippen LogP) is 2.86. The van der Waals surface area contributed by atoms with Gasteiger partial charge >= 0.3 is 5.76 Å². The summed E-state index contributed by atoms with van der Waals surface area (Å²) in [5.41, 5.74) is 1.32. The highest BCUT2D eigenvalue weighted by atomic mass is 32.2. The van der Waals surface area contributed by atoms with Crippen molar-refractivity contribution in [1.82, 2.24) is 10.2 Å². The molecule has 1 aliphatic heterocycles. The molecule has 2 aromatic carbocycles. The Kier molecular flexibility index (Phi) is 5.57. The highest BCUT2D eigenvalue weighted by Gasteiger charge is 2.34. The van der Waals surface area contributed by atoms with Gasteiger partial charge in [-0.05, 0) is 43.3 Å². The van der Waals surface area contributed by atoms with Crippen LogP contribution in [0.2, 0.25) is 0 Å². The summed E-state index contributed by atoms with van der Waals surface area (Å²) >= 11 is 0. The Bertz CT molecular complexity index is 902. The Balaban J connectivity index is 1.75. The Morgan fingerprint density at radius 2 is 1.74 bits per heavy atom. The molecule has 1 N–H and O–H groups in total. The van der Waals surface area contributed by atoms with Crippen LogP contribution in [0.25, 0.3) is 0 Å². The summed E-state index contributed by atoms with van der Waals surface area (Å²) in [6.45, 7) is 0.829. The number of nitrogens with one attached hydrogen (secondary N) is 1. The van der Waals surface area contributed by atoms with Gasteiger partial charge in [-0.3, -0.25) is 9.69 Å². The Labute approximate surface area is 156 Å². The van der Waals surface area contributed by atoms with Crippen LogP contribution >= 0.6 is 0 Å². The summed E-state index contributed by atoms with van der Waals surface area (Å²) in [6, 6.07) is 14.3. The molecule has 1 fully saturated rings. The second kappa shape index (κ2) is 7.74. The highest BCUT2D eigenvalue weighted by molar-refractivity contribution is 7.91. The van der Waals surface area contributed by atoms with Crippen LogP contribution in [-0.4, -0.2) is 44.6 Å². The van der Waals surface area contributed by atoms with Crippen molar-refractivity contribution in [2.45, 2.75) is 29.2 Å². The number of likely N-dealkylation sites (tertiary alicyclic amines) is 1. The topological polar surface area (TPSA) is 66.5 Å². The molecule has 0 spiro atoms. The van der Waals surface area contributed by atoms with Gasteiger partial charge in [-0.15, -0.1) is 0 Å². The number of hydrogen-bond donors (Lipinski definition) is 1. The number of carbonyl (C=O) groups is 1. The molecule has 1 heterocycles. The second-order valence-corrected chi connectivity index (χ2v) is 8.45. The van der Waals surface area contributed by atoms with Crippen molar-refractivity contribution in [3.63, 3.8) is 0 Å². The molecule has 0 radical (unpaired) electrons. The average Bonchev–Trinajstić information content (AvgIpc) is 3.02.